The van der Waals surface area contributed by atoms with E-state index in [0.717, 1.165) is 5.56 Å². The average Bonchev–Trinajstić information content (AvgIpc) is 3.16. The first-order valence-electron chi connectivity index (χ1n) is 10.7. The highest BCUT2D eigenvalue weighted by Gasteiger charge is 2.65. The molecule has 0 aromatic carbocycles. The van der Waals surface area contributed by atoms with Crippen molar-refractivity contribution in [3.8, 4) is 0 Å². The molecule has 170 valence electrons. The first-order chi connectivity index (χ1) is 13.6. The van der Waals surface area contributed by atoms with Crippen LogP contribution in [0.5, 0.6) is 0 Å². The smallest absolute Gasteiger partial charge is 0.352 e. The van der Waals surface area contributed by atoms with Crippen molar-refractivity contribution in [3.05, 3.63) is 11.3 Å². The molecule has 1 saturated carbocycles. The van der Waals surface area contributed by atoms with Crippen LogP contribution in [0.15, 0.2) is 4.52 Å². The Morgan fingerprint density at radius 1 is 1.20 bits per heavy atom. The molecule has 1 atom stereocenters. The van der Waals surface area contributed by atoms with E-state index in [1.165, 1.54) is 4.90 Å². The fourth-order valence-corrected chi connectivity index (χ4v) is 6.03. The fourth-order valence-electron chi connectivity index (χ4n) is 6.03. The van der Waals surface area contributed by atoms with Crippen LogP contribution in [0.2, 0.25) is 0 Å². The molecule has 6 nitrogen and oxygen atoms in total. The van der Waals surface area contributed by atoms with Crippen molar-refractivity contribution < 1.29 is 23.2 Å². The van der Waals surface area contributed by atoms with E-state index in [4.69, 9.17) is 4.52 Å². The molecule has 0 unspecified atom stereocenters. The van der Waals surface area contributed by atoms with Gasteiger partial charge in [0.2, 0.25) is 5.88 Å². The highest BCUT2D eigenvalue weighted by atomic mass is 19.3. The van der Waals surface area contributed by atoms with Crippen molar-refractivity contribution >= 4 is 11.8 Å². The van der Waals surface area contributed by atoms with Crippen LogP contribution in [-0.4, -0.2) is 53.2 Å². The molecule has 0 spiro atoms. The lowest BCUT2D eigenvalue weighted by atomic mass is 9.58. The zero-order chi connectivity index (χ0) is 22.7. The first-order valence-corrected chi connectivity index (χ1v) is 10.7. The molecule has 1 N–H and O–H groups in total. The first kappa shape index (κ1) is 23.0. The molecule has 8 heteroatoms. The van der Waals surface area contributed by atoms with Gasteiger partial charge in [0.05, 0.1) is 6.04 Å². The molecule has 1 amide bonds. The number of aliphatic hydroxyl groups is 1. The van der Waals surface area contributed by atoms with E-state index < -0.39 is 34.3 Å². The summed E-state index contributed by atoms with van der Waals surface area (Å²) >= 11 is 0. The van der Waals surface area contributed by atoms with E-state index in [-0.39, 0.29) is 19.4 Å². The van der Waals surface area contributed by atoms with Gasteiger partial charge < -0.3 is 19.4 Å². The largest absolute Gasteiger partial charge is 0.383 e. The van der Waals surface area contributed by atoms with E-state index in [9.17, 15) is 9.90 Å². The number of hydrogen-bond donors (Lipinski definition) is 1. The fraction of sp³-hybridized carbons (Fsp3) is 0.818. The molecule has 1 aromatic heterocycles. The van der Waals surface area contributed by atoms with Crippen LogP contribution in [0, 0.1) is 17.8 Å². The van der Waals surface area contributed by atoms with Gasteiger partial charge in [-0.05, 0) is 49.9 Å². The lowest BCUT2D eigenvalue weighted by Gasteiger charge is -2.51. The topological polar surface area (TPSA) is 69.8 Å². The number of nitrogens with zero attached hydrogens (tertiary/aromatic N) is 3. The molecule has 2 heterocycles. The molecule has 1 aliphatic carbocycles. The van der Waals surface area contributed by atoms with Crippen molar-refractivity contribution in [1.29, 1.82) is 0 Å². The second-order valence-corrected chi connectivity index (χ2v) is 11.0. The Labute approximate surface area is 177 Å². The predicted molar refractivity (Wildman–Crippen MR) is 111 cm³/mol. The summed E-state index contributed by atoms with van der Waals surface area (Å²) in [5.41, 5.74) is -2.11. The number of aromatic nitrogens is 1. The summed E-state index contributed by atoms with van der Waals surface area (Å²) in [4.78, 5) is 16.1. The second kappa shape index (κ2) is 7.18. The van der Waals surface area contributed by atoms with Crippen LogP contribution < -0.4 is 4.90 Å². The number of carbonyl (C=O) groups excluding carboxylic acids is 1. The summed E-state index contributed by atoms with van der Waals surface area (Å²) in [7, 11) is 3.62. The number of hydrogen-bond acceptors (Lipinski definition) is 5. The maximum absolute atomic E-state index is 15.7. The number of rotatable bonds is 4. The predicted octanol–water partition coefficient (Wildman–Crippen LogP) is 4.32. The Balaban J connectivity index is 1.92. The van der Waals surface area contributed by atoms with Gasteiger partial charge in [-0.15, -0.1) is 0 Å². The number of carbonyl (C=O) groups is 1. The number of amides is 1. The quantitative estimate of drug-likeness (QED) is 0.775. The van der Waals surface area contributed by atoms with Crippen molar-refractivity contribution in [2.75, 3.05) is 25.5 Å². The maximum Gasteiger partial charge on any atom is 0.352 e. The van der Waals surface area contributed by atoms with Crippen LogP contribution in [-0.2, 0) is 4.79 Å². The molecular formula is C22H35F2N3O3. The van der Waals surface area contributed by atoms with Gasteiger partial charge >= 0.3 is 5.92 Å². The van der Waals surface area contributed by atoms with Crippen molar-refractivity contribution in [2.24, 2.45) is 10.8 Å². The van der Waals surface area contributed by atoms with Gasteiger partial charge in [-0.25, -0.2) is 0 Å². The molecule has 2 aliphatic rings. The molecule has 0 bridgehead atoms. The lowest BCUT2D eigenvalue weighted by Crippen LogP contribution is -2.62. The van der Waals surface area contributed by atoms with E-state index in [1.54, 1.807) is 4.90 Å². The molecule has 30 heavy (non-hydrogen) atoms. The molecule has 3 rings (SSSR count). The highest BCUT2D eigenvalue weighted by molar-refractivity contribution is 5.85. The summed E-state index contributed by atoms with van der Waals surface area (Å²) in [6.07, 6.45) is 1.62. The van der Waals surface area contributed by atoms with Crippen LogP contribution in [0.4, 0.5) is 14.7 Å². The summed E-state index contributed by atoms with van der Waals surface area (Å²) in [6, 6.07) is -0.575. The Hall–Kier alpha value is -1.70. The van der Waals surface area contributed by atoms with Gasteiger partial charge in [0.25, 0.3) is 5.91 Å². The van der Waals surface area contributed by atoms with Crippen molar-refractivity contribution in [2.45, 2.75) is 84.3 Å². The van der Waals surface area contributed by atoms with Gasteiger partial charge in [0, 0.05) is 26.2 Å². The van der Waals surface area contributed by atoms with Crippen molar-refractivity contribution in [3.63, 3.8) is 0 Å². The SMILES string of the molecule is Cc1c([C@@H]2CCCN2C(=O)C(F)(F)C2(O)CC(C)(C)CC(C)(C)C2)noc1N(C)C. The van der Waals surface area contributed by atoms with Gasteiger partial charge in [0.1, 0.15) is 11.3 Å². The Bertz CT molecular complexity index is 801. The van der Waals surface area contributed by atoms with Crippen LogP contribution >= 0.6 is 0 Å². The number of anilines is 1. The lowest BCUT2D eigenvalue weighted by molar-refractivity contribution is -0.231. The summed E-state index contributed by atoms with van der Waals surface area (Å²) in [6.45, 7) is 9.53. The minimum Gasteiger partial charge on any atom is -0.383 e. The molecule has 1 aliphatic heterocycles. The van der Waals surface area contributed by atoms with Gasteiger partial charge in [0.15, 0.2) is 0 Å². The zero-order valence-corrected chi connectivity index (χ0v) is 19.2. The van der Waals surface area contributed by atoms with Crippen molar-refractivity contribution in [1.82, 2.24) is 10.1 Å². The number of likely N-dealkylation sites (tertiary alicyclic amines) is 1. The normalized spacial score (nSPS) is 25.4. The molecule has 0 radical (unpaired) electrons. The molecular weight excluding hydrogens is 392 g/mol. The average molecular weight is 428 g/mol. The van der Waals surface area contributed by atoms with Crippen LogP contribution in [0.3, 0.4) is 0 Å². The summed E-state index contributed by atoms with van der Waals surface area (Å²) in [5, 5.41) is 15.2. The highest BCUT2D eigenvalue weighted by Crippen LogP contribution is 2.55. The van der Waals surface area contributed by atoms with E-state index in [0.29, 0.717) is 30.8 Å². The second-order valence-electron chi connectivity index (χ2n) is 11.0. The third-order valence-corrected chi connectivity index (χ3v) is 6.52. The Kier molecular flexibility index (Phi) is 5.49. The van der Waals surface area contributed by atoms with Crippen LogP contribution in [0.25, 0.3) is 0 Å². The number of halogens is 2. The molecule has 1 aromatic rings. The monoisotopic (exact) mass is 427 g/mol. The van der Waals surface area contributed by atoms with Crippen LogP contribution in [0.1, 0.15) is 77.1 Å². The Morgan fingerprint density at radius 2 is 1.77 bits per heavy atom. The zero-order valence-electron chi connectivity index (χ0n) is 19.2. The number of alkyl halides is 2. The molecule has 2 fully saturated rings. The summed E-state index contributed by atoms with van der Waals surface area (Å²) in [5.74, 6) is -4.65. The maximum atomic E-state index is 15.7. The minimum absolute atomic E-state index is 0.117. The van der Waals surface area contributed by atoms with Gasteiger partial charge in [-0.1, -0.05) is 32.9 Å². The Morgan fingerprint density at radius 3 is 2.27 bits per heavy atom. The van der Waals surface area contributed by atoms with Gasteiger partial charge in [-0.2, -0.15) is 8.78 Å². The molecule has 1 saturated heterocycles. The van der Waals surface area contributed by atoms with Gasteiger partial charge in [-0.3, -0.25) is 4.79 Å². The minimum atomic E-state index is -3.88. The van der Waals surface area contributed by atoms with E-state index >= 15 is 8.78 Å². The van der Waals surface area contributed by atoms with E-state index in [1.807, 2.05) is 48.7 Å². The summed E-state index contributed by atoms with van der Waals surface area (Å²) < 4.78 is 36.7. The standard InChI is InChI=1S/C22H35F2N3O3/c1-14-16(25-30-17(14)26(6)7)15-9-8-10-27(15)18(28)22(23,24)21(29)12-19(2,3)11-20(4,5)13-21/h15,29H,8-13H2,1-7H3/t15-/m0/s1. The third kappa shape index (κ3) is 3.83. The van der Waals surface area contributed by atoms with E-state index in [2.05, 4.69) is 5.16 Å². The third-order valence-electron chi connectivity index (χ3n) is 6.52.